The number of hydrazine groups is 1. The van der Waals surface area contributed by atoms with Crippen LogP contribution >= 0.6 is 22.9 Å². The Bertz CT molecular complexity index is 584. The van der Waals surface area contributed by atoms with Crippen molar-refractivity contribution in [1.82, 2.24) is 9.97 Å². The molecule has 0 bridgehead atoms. The number of halogens is 1. The molecule has 0 fully saturated rings. The zero-order valence-electron chi connectivity index (χ0n) is 11.7. The van der Waals surface area contributed by atoms with Crippen LogP contribution in [0.5, 0.6) is 0 Å². The zero-order valence-corrected chi connectivity index (χ0v) is 13.3. The number of thiophene rings is 1. The second-order valence-corrected chi connectivity index (χ2v) is 6.62. The summed E-state index contributed by atoms with van der Waals surface area (Å²) in [7, 11) is 2.00. The second kappa shape index (κ2) is 6.39. The smallest absolute Gasteiger partial charge is 0.148 e. The summed E-state index contributed by atoms with van der Waals surface area (Å²) >= 11 is 7.54. The molecule has 2 aromatic rings. The van der Waals surface area contributed by atoms with E-state index in [0.717, 1.165) is 22.3 Å². The van der Waals surface area contributed by atoms with Crippen LogP contribution in [-0.4, -0.2) is 17.0 Å². The SMILES string of the molecule is CC(C)c1c(NN)ncnc1N(C)Cc1ccc(Cl)s1. The Labute approximate surface area is 127 Å². The van der Waals surface area contributed by atoms with E-state index in [1.807, 2.05) is 19.2 Å². The van der Waals surface area contributed by atoms with E-state index in [9.17, 15) is 0 Å². The molecule has 0 atom stereocenters. The van der Waals surface area contributed by atoms with Crippen LogP contribution in [0.1, 0.15) is 30.2 Å². The lowest BCUT2D eigenvalue weighted by Crippen LogP contribution is -2.22. The van der Waals surface area contributed by atoms with E-state index in [0.29, 0.717) is 5.82 Å². The molecule has 108 valence electrons. The number of aromatic nitrogens is 2. The average molecular weight is 312 g/mol. The molecule has 5 nitrogen and oxygen atoms in total. The fourth-order valence-corrected chi connectivity index (χ4v) is 3.22. The molecule has 0 saturated carbocycles. The maximum atomic E-state index is 5.97. The number of nitrogens with one attached hydrogen (secondary N) is 1. The third-order valence-corrected chi connectivity index (χ3v) is 4.18. The molecule has 2 aromatic heterocycles. The quantitative estimate of drug-likeness (QED) is 0.655. The molecule has 0 aromatic carbocycles. The highest BCUT2D eigenvalue weighted by molar-refractivity contribution is 7.16. The lowest BCUT2D eigenvalue weighted by molar-refractivity contribution is 0.812. The molecule has 0 spiro atoms. The van der Waals surface area contributed by atoms with Crippen LogP contribution in [0.3, 0.4) is 0 Å². The van der Waals surface area contributed by atoms with Gasteiger partial charge in [-0.15, -0.1) is 11.3 Å². The van der Waals surface area contributed by atoms with E-state index >= 15 is 0 Å². The Hall–Kier alpha value is -1.37. The highest BCUT2D eigenvalue weighted by atomic mass is 35.5. The van der Waals surface area contributed by atoms with Gasteiger partial charge in [-0.3, -0.25) is 0 Å². The summed E-state index contributed by atoms with van der Waals surface area (Å²) in [6, 6.07) is 3.94. The van der Waals surface area contributed by atoms with E-state index in [-0.39, 0.29) is 5.92 Å². The first-order valence-corrected chi connectivity index (χ1v) is 7.49. The topological polar surface area (TPSA) is 67.1 Å². The minimum absolute atomic E-state index is 0.270. The third kappa shape index (κ3) is 3.20. The Kier molecular flexibility index (Phi) is 4.80. The summed E-state index contributed by atoms with van der Waals surface area (Å²) in [6.45, 7) is 4.94. The molecule has 20 heavy (non-hydrogen) atoms. The van der Waals surface area contributed by atoms with Crippen molar-refractivity contribution in [3.8, 4) is 0 Å². The Morgan fingerprint density at radius 3 is 2.70 bits per heavy atom. The normalized spacial score (nSPS) is 10.9. The van der Waals surface area contributed by atoms with Crippen molar-refractivity contribution < 1.29 is 0 Å². The molecule has 0 amide bonds. The van der Waals surface area contributed by atoms with Gasteiger partial charge >= 0.3 is 0 Å². The predicted octanol–water partition coefficient (Wildman–Crippen LogP) is 3.24. The molecule has 0 radical (unpaired) electrons. The molecule has 0 aliphatic heterocycles. The van der Waals surface area contributed by atoms with E-state index in [1.54, 1.807) is 11.3 Å². The van der Waals surface area contributed by atoms with Gasteiger partial charge in [0.1, 0.15) is 18.0 Å². The number of anilines is 2. The molecule has 0 unspecified atom stereocenters. The molecule has 0 aliphatic rings. The van der Waals surface area contributed by atoms with Crippen LogP contribution in [0.4, 0.5) is 11.6 Å². The van der Waals surface area contributed by atoms with Crippen molar-refractivity contribution in [2.24, 2.45) is 5.84 Å². The largest absolute Gasteiger partial charge is 0.354 e. The number of hydrogen-bond acceptors (Lipinski definition) is 6. The first-order valence-electron chi connectivity index (χ1n) is 6.29. The van der Waals surface area contributed by atoms with Gasteiger partial charge < -0.3 is 10.3 Å². The number of nitrogens with two attached hydrogens (primary N) is 1. The minimum Gasteiger partial charge on any atom is -0.354 e. The lowest BCUT2D eigenvalue weighted by Gasteiger charge is -2.23. The van der Waals surface area contributed by atoms with Gasteiger partial charge in [-0.25, -0.2) is 15.8 Å². The minimum atomic E-state index is 0.270. The molecule has 2 rings (SSSR count). The van der Waals surface area contributed by atoms with Crippen LogP contribution in [0.25, 0.3) is 0 Å². The van der Waals surface area contributed by atoms with E-state index in [1.165, 1.54) is 11.2 Å². The van der Waals surface area contributed by atoms with Crippen LogP contribution in [0.2, 0.25) is 4.34 Å². The summed E-state index contributed by atoms with van der Waals surface area (Å²) in [5.74, 6) is 7.36. The van der Waals surface area contributed by atoms with E-state index < -0.39 is 0 Å². The summed E-state index contributed by atoms with van der Waals surface area (Å²) in [6.07, 6.45) is 1.52. The molecular formula is C13H18ClN5S. The van der Waals surface area contributed by atoms with Crippen molar-refractivity contribution in [2.45, 2.75) is 26.3 Å². The van der Waals surface area contributed by atoms with E-state index in [2.05, 4.69) is 34.1 Å². The summed E-state index contributed by atoms with van der Waals surface area (Å²) in [5, 5.41) is 0. The van der Waals surface area contributed by atoms with Crippen LogP contribution < -0.4 is 16.2 Å². The average Bonchev–Trinajstić information content (AvgIpc) is 2.82. The molecule has 7 heteroatoms. The Morgan fingerprint density at radius 1 is 1.40 bits per heavy atom. The molecule has 3 N–H and O–H groups in total. The van der Waals surface area contributed by atoms with Gasteiger partial charge in [0.15, 0.2) is 0 Å². The first-order chi connectivity index (χ1) is 9.52. The second-order valence-electron chi connectivity index (χ2n) is 4.82. The van der Waals surface area contributed by atoms with Crippen LogP contribution in [0.15, 0.2) is 18.5 Å². The van der Waals surface area contributed by atoms with Gasteiger partial charge in [0.2, 0.25) is 0 Å². The van der Waals surface area contributed by atoms with Gasteiger partial charge in [0, 0.05) is 17.5 Å². The van der Waals surface area contributed by atoms with Gasteiger partial charge in [-0.2, -0.15) is 0 Å². The fourth-order valence-electron chi connectivity index (χ4n) is 2.08. The zero-order chi connectivity index (χ0) is 14.7. The van der Waals surface area contributed by atoms with Gasteiger partial charge in [-0.05, 0) is 18.1 Å². The maximum absolute atomic E-state index is 5.97. The van der Waals surface area contributed by atoms with Crippen molar-refractivity contribution in [3.63, 3.8) is 0 Å². The molecule has 0 aliphatic carbocycles. The summed E-state index contributed by atoms with van der Waals surface area (Å²) in [4.78, 5) is 11.9. The highest BCUT2D eigenvalue weighted by Crippen LogP contribution is 2.31. The molecule has 2 heterocycles. The fraction of sp³-hybridized carbons (Fsp3) is 0.385. The van der Waals surface area contributed by atoms with Crippen LogP contribution in [-0.2, 0) is 6.54 Å². The Morgan fingerprint density at radius 2 is 2.15 bits per heavy atom. The van der Waals surface area contributed by atoms with Gasteiger partial charge in [0.05, 0.1) is 10.9 Å². The van der Waals surface area contributed by atoms with Crippen molar-refractivity contribution in [2.75, 3.05) is 17.4 Å². The van der Waals surface area contributed by atoms with Gasteiger partial charge in [0.25, 0.3) is 0 Å². The van der Waals surface area contributed by atoms with Crippen LogP contribution in [0, 0.1) is 0 Å². The molecular weight excluding hydrogens is 294 g/mol. The van der Waals surface area contributed by atoms with Crippen molar-refractivity contribution in [1.29, 1.82) is 0 Å². The standard InChI is InChI=1S/C13H18ClN5S/c1-8(2)11-12(18-15)16-7-17-13(11)19(3)6-9-4-5-10(14)20-9/h4-5,7-8H,6,15H2,1-3H3,(H,16,17,18). The monoisotopic (exact) mass is 311 g/mol. The highest BCUT2D eigenvalue weighted by Gasteiger charge is 2.17. The predicted molar refractivity (Wildman–Crippen MR) is 85.4 cm³/mol. The molecule has 0 saturated heterocycles. The number of nitrogen functional groups attached to an aromatic ring is 1. The van der Waals surface area contributed by atoms with Gasteiger partial charge in [-0.1, -0.05) is 25.4 Å². The summed E-state index contributed by atoms with van der Waals surface area (Å²) < 4.78 is 0.796. The number of hydrogen-bond donors (Lipinski definition) is 2. The maximum Gasteiger partial charge on any atom is 0.148 e. The number of nitrogens with zero attached hydrogens (tertiary/aromatic N) is 3. The Balaban J connectivity index is 2.31. The van der Waals surface area contributed by atoms with Crippen molar-refractivity contribution in [3.05, 3.63) is 33.2 Å². The number of rotatable bonds is 5. The summed E-state index contributed by atoms with van der Waals surface area (Å²) in [5.41, 5.74) is 3.66. The lowest BCUT2D eigenvalue weighted by atomic mass is 10.0. The van der Waals surface area contributed by atoms with Crippen molar-refractivity contribution >= 4 is 34.6 Å². The third-order valence-electron chi connectivity index (χ3n) is 2.96. The first kappa shape index (κ1) is 15.0. The van der Waals surface area contributed by atoms with E-state index in [4.69, 9.17) is 17.4 Å².